The number of likely N-dealkylation sites (N-methyl/N-ethyl adjacent to an activating group) is 2. The number of aromatic carboxylic acids is 1. The van der Waals surface area contributed by atoms with Crippen LogP contribution in [-0.4, -0.2) is 210 Å². The first kappa shape index (κ1) is 62.6. The number of alkyl carbamates (subject to hydrolysis) is 1. The first-order chi connectivity index (χ1) is 37.1. The predicted molar refractivity (Wildman–Crippen MR) is 289 cm³/mol. The number of nitrogens with one attached hydrogen (secondary N) is 1. The summed E-state index contributed by atoms with van der Waals surface area (Å²) in [5.74, 6) is -3.78. The van der Waals surface area contributed by atoms with Gasteiger partial charge in [-0.3, -0.25) is 9.59 Å². The quantitative estimate of drug-likeness (QED) is 0.102. The number of hydrogen-bond acceptors (Lipinski definition) is 19. The number of aliphatic hydroxyl groups excluding tert-OH is 1. The number of cyclic esters (lactones) is 1. The average molecular weight is 1120 g/mol. The van der Waals surface area contributed by atoms with Crippen molar-refractivity contribution in [3.63, 3.8) is 0 Å². The maximum atomic E-state index is 14.6. The Balaban J connectivity index is 1.02. The van der Waals surface area contributed by atoms with E-state index >= 15 is 0 Å². The van der Waals surface area contributed by atoms with E-state index in [1.165, 1.54) is 13.3 Å². The van der Waals surface area contributed by atoms with Crippen molar-refractivity contribution in [2.24, 2.45) is 17.8 Å². The molecular weight excluding hydrogens is 1030 g/mol. The van der Waals surface area contributed by atoms with Gasteiger partial charge in [-0.15, -0.1) is 0 Å². The van der Waals surface area contributed by atoms with Crippen LogP contribution in [0.5, 0.6) is 5.75 Å². The molecule has 19 atom stereocenters. The molecule has 0 spiro atoms. The van der Waals surface area contributed by atoms with Crippen LogP contribution in [-0.2, 0) is 47.4 Å². The van der Waals surface area contributed by atoms with E-state index in [9.17, 15) is 39.6 Å². The fourth-order valence-corrected chi connectivity index (χ4v) is 12.5. The van der Waals surface area contributed by atoms with E-state index in [1.54, 1.807) is 59.7 Å². The third-order valence-electron chi connectivity index (χ3n) is 17.3. The van der Waals surface area contributed by atoms with Crippen LogP contribution >= 0.6 is 0 Å². The number of hydrogen-bond donors (Lipinski definition) is 5. The van der Waals surface area contributed by atoms with E-state index in [2.05, 4.69) is 10.2 Å². The lowest BCUT2D eigenvalue weighted by atomic mass is 9.75. The number of pyridine rings is 1. The maximum Gasteiger partial charge on any atom is 0.407 e. The first-order valence-corrected chi connectivity index (χ1v) is 28.2. The Hall–Kier alpha value is -4.04. The van der Waals surface area contributed by atoms with E-state index in [1.807, 2.05) is 58.3 Å². The van der Waals surface area contributed by atoms with E-state index in [0.29, 0.717) is 30.7 Å². The van der Waals surface area contributed by atoms with Gasteiger partial charge in [0.05, 0.1) is 53.9 Å². The van der Waals surface area contributed by atoms with Gasteiger partial charge in [0.1, 0.15) is 53.0 Å². The van der Waals surface area contributed by atoms with Crippen molar-refractivity contribution in [1.29, 1.82) is 0 Å². The number of ether oxygens (including phenoxy) is 10. The zero-order valence-electron chi connectivity index (χ0n) is 48.7. The Bertz CT molecular complexity index is 2470. The number of aliphatic hydroxyl groups is 3. The number of methoxy groups -OCH3 is 1. The van der Waals surface area contributed by atoms with Gasteiger partial charge >= 0.3 is 18.0 Å². The summed E-state index contributed by atoms with van der Waals surface area (Å²) in [6, 6.07) is 4.52. The average Bonchev–Trinajstić information content (AvgIpc) is 4.47. The number of carboxylic acid groups (broad SMARTS) is 1. The summed E-state index contributed by atoms with van der Waals surface area (Å²) in [5, 5.41) is 50.3. The first-order valence-electron chi connectivity index (χ1n) is 28.2. The van der Waals surface area contributed by atoms with Crippen molar-refractivity contribution < 1.29 is 82.2 Å². The van der Waals surface area contributed by atoms with Crippen LogP contribution in [0.2, 0.25) is 0 Å². The lowest BCUT2D eigenvalue weighted by Gasteiger charge is -2.51. The van der Waals surface area contributed by atoms with Crippen molar-refractivity contribution >= 4 is 28.9 Å². The normalized spacial score (nSPS) is 38.8. The Morgan fingerprint density at radius 3 is 2.28 bits per heavy atom. The summed E-state index contributed by atoms with van der Waals surface area (Å²) in [5.41, 5.74) is -4.97. The lowest BCUT2D eigenvalue weighted by molar-refractivity contribution is -0.329. The summed E-state index contributed by atoms with van der Waals surface area (Å²) < 4.78 is 65.4. The largest absolute Gasteiger partial charge is 0.491 e. The fraction of sp³-hybridized carbons (Fsp3) is 0.789. The molecule has 79 heavy (non-hydrogen) atoms. The Labute approximate surface area is 464 Å². The van der Waals surface area contributed by atoms with Crippen LogP contribution in [0.3, 0.4) is 0 Å². The summed E-state index contributed by atoms with van der Waals surface area (Å²) in [6.45, 7) is 19.2. The van der Waals surface area contributed by atoms with Gasteiger partial charge in [0.2, 0.25) is 5.43 Å². The molecule has 4 aliphatic heterocycles. The summed E-state index contributed by atoms with van der Waals surface area (Å²) in [7, 11) is 7.17. The highest BCUT2D eigenvalue weighted by molar-refractivity contribution is 5.93. The molecule has 446 valence electrons. The Morgan fingerprint density at radius 2 is 1.63 bits per heavy atom. The molecule has 7 rings (SSSR count). The van der Waals surface area contributed by atoms with Gasteiger partial charge in [-0.2, -0.15) is 0 Å². The van der Waals surface area contributed by atoms with E-state index in [4.69, 9.17) is 47.4 Å². The molecule has 22 nitrogen and oxygen atoms in total. The van der Waals surface area contributed by atoms with Crippen LogP contribution in [0.4, 0.5) is 4.79 Å². The van der Waals surface area contributed by atoms with Crippen LogP contribution < -0.4 is 15.5 Å². The number of esters is 1. The summed E-state index contributed by atoms with van der Waals surface area (Å²) >= 11 is 0. The van der Waals surface area contributed by atoms with Gasteiger partial charge in [0, 0.05) is 63.5 Å². The third-order valence-corrected chi connectivity index (χ3v) is 17.3. The van der Waals surface area contributed by atoms with Crippen molar-refractivity contribution in [1.82, 2.24) is 19.7 Å². The van der Waals surface area contributed by atoms with E-state index in [-0.39, 0.29) is 80.3 Å². The molecule has 5 heterocycles. The van der Waals surface area contributed by atoms with Crippen molar-refractivity contribution in [2.75, 3.05) is 61.2 Å². The van der Waals surface area contributed by atoms with Gasteiger partial charge in [0.25, 0.3) is 0 Å². The molecule has 1 unspecified atom stereocenters. The van der Waals surface area contributed by atoms with Crippen molar-refractivity contribution in [3.8, 4) is 5.75 Å². The van der Waals surface area contributed by atoms with Crippen molar-refractivity contribution in [2.45, 2.75) is 210 Å². The molecule has 1 aromatic carbocycles. The van der Waals surface area contributed by atoms with Gasteiger partial charge < -0.3 is 87.5 Å². The summed E-state index contributed by atoms with van der Waals surface area (Å²) in [4.78, 5) is 56.8. The SMILES string of the molecule is CC[C@H]1OC(=O)[C@H](C)[C@@H](O[C@H]2C[C@@](C)(OC)[C@@H](OC(=O)NCCCOCCOc3ccc4c(c3)c(=O)c(C(=O)O)cn4C3CC3)[C@H](C)O2)[C@H](C)[C@@H](O[C@@H]2O[C@H](C)C[C@H](N(C)C)[C@H]2O)[C@](C)(O)C2O[C@H]([C@@H](C)N(C)C[C@@H]2C)[C@]1(C)O. The molecule has 2 bridgehead atoms. The molecule has 1 aromatic heterocycles. The minimum absolute atomic E-state index is 0.0309. The third kappa shape index (κ3) is 13.7. The second-order valence-electron chi connectivity index (χ2n) is 23.9. The highest BCUT2D eigenvalue weighted by Gasteiger charge is 2.59. The molecule has 4 saturated heterocycles. The fourth-order valence-electron chi connectivity index (χ4n) is 12.5. The number of carbonyl (C=O) groups is 3. The lowest BCUT2D eigenvalue weighted by Crippen LogP contribution is -2.66. The molecule has 1 aliphatic carbocycles. The van der Waals surface area contributed by atoms with Crippen LogP contribution in [0.25, 0.3) is 10.9 Å². The highest BCUT2D eigenvalue weighted by atomic mass is 16.7. The minimum Gasteiger partial charge on any atom is -0.491 e. The van der Waals surface area contributed by atoms with Crippen LogP contribution in [0.15, 0.2) is 29.2 Å². The number of fused-ring (bicyclic) bond motifs is 3. The van der Waals surface area contributed by atoms with Crippen LogP contribution in [0.1, 0.15) is 124 Å². The highest BCUT2D eigenvalue weighted by Crippen LogP contribution is 2.44. The maximum absolute atomic E-state index is 14.6. The Kier molecular flexibility index (Phi) is 20.3. The molecule has 5 aliphatic rings. The van der Waals surface area contributed by atoms with E-state index in [0.717, 1.165) is 12.8 Å². The topological polar surface area (TPSA) is 265 Å². The minimum atomic E-state index is -1.88. The molecule has 5 N–H and O–H groups in total. The number of rotatable bonds is 18. The monoisotopic (exact) mass is 1120 g/mol. The van der Waals surface area contributed by atoms with Gasteiger partial charge in [-0.1, -0.05) is 20.8 Å². The predicted octanol–water partition coefficient (Wildman–Crippen LogP) is 4.48. The molecule has 5 fully saturated rings. The number of amides is 1. The zero-order valence-corrected chi connectivity index (χ0v) is 48.7. The van der Waals surface area contributed by atoms with E-state index < -0.39 is 114 Å². The second-order valence-corrected chi connectivity index (χ2v) is 23.9. The Morgan fingerprint density at radius 1 is 0.924 bits per heavy atom. The van der Waals surface area contributed by atoms with Gasteiger partial charge in [-0.05, 0) is 126 Å². The second kappa shape index (κ2) is 25.6. The van der Waals surface area contributed by atoms with Gasteiger partial charge in [0.15, 0.2) is 18.7 Å². The van der Waals surface area contributed by atoms with Gasteiger partial charge in [-0.25, -0.2) is 9.59 Å². The summed E-state index contributed by atoms with van der Waals surface area (Å²) in [6.07, 6.45) is -6.94. The molecular formula is C57H90N4O18. The number of carbonyl (C=O) groups excluding carboxylic acids is 2. The van der Waals surface area contributed by atoms with Crippen LogP contribution in [0, 0.1) is 17.8 Å². The molecule has 1 saturated carbocycles. The zero-order chi connectivity index (χ0) is 58.1. The smallest absolute Gasteiger partial charge is 0.407 e. The standard InChI is InChI=1S/C57H90N4O18/c1-15-42-56(9,68)49-34(6)60(13)28-30(2)47(77-49)57(10,69)48(78-53-45(63)41(59(11)12)25-31(3)73-53)32(4)46(33(5)52(66)75-42)76-43-27-55(8,70-14)50(35(7)74-43)79-54(67)58-21-16-22-71-23-24-72-37-19-20-40-38(26-37)44(62)39(51(64)65)29-61(40)36-17-18-36/h19-20,26,29-36,41-43,45-50,53,63,68-69H,15-18,21-25,27-28H2,1-14H3,(H,58,67)(H,64,65)/t30-,31+,32-,33+,34+,35-,41-,42+,43-,45+,46-,47?,48+,49+,50-,53-,55+,56+,57+/m0/s1. The number of nitrogens with zero attached hydrogens (tertiary/aromatic N) is 3. The number of aromatic nitrogens is 1. The van der Waals surface area contributed by atoms with Crippen molar-refractivity contribution in [3.05, 3.63) is 40.2 Å². The molecule has 22 heteroatoms. The molecule has 0 radical (unpaired) electrons. The number of carboxylic acids is 1. The molecule has 1 amide bonds. The molecule has 2 aromatic rings. The number of benzene rings is 1.